The predicted octanol–water partition coefficient (Wildman–Crippen LogP) is 5.08. The molecule has 1 N–H and O–H groups in total. The molecule has 0 saturated heterocycles. The normalized spacial score (nSPS) is 14.3. The lowest BCUT2D eigenvalue weighted by Crippen LogP contribution is -2.33. The molecule has 1 spiro atoms. The van der Waals surface area contributed by atoms with E-state index in [1.807, 2.05) is 0 Å². The van der Waals surface area contributed by atoms with Crippen molar-refractivity contribution in [2.45, 2.75) is 33.3 Å². The maximum Gasteiger partial charge on any atom is 0.341 e. The van der Waals surface area contributed by atoms with Crippen LogP contribution >= 0.6 is 0 Å². The van der Waals surface area contributed by atoms with Gasteiger partial charge in [0.25, 0.3) is 0 Å². The largest absolute Gasteiger partial charge is 0.478 e. The van der Waals surface area contributed by atoms with E-state index in [2.05, 4.69) is 0 Å². The van der Waals surface area contributed by atoms with E-state index in [1.165, 1.54) is 18.2 Å². The standard InChI is InChI=1S/C29H24O9/c1-14(2)26(32)35-16-8-10-19-22(12-16)37-23-13-17(36-27(33)15(3)4)9-11-20(23)29(19)21-7-5-6-18(25(30)31)24(21)28(34)38-29/h5-15H,1-4H3,(H,30,31). The van der Waals surface area contributed by atoms with Crippen molar-refractivity contribution in [2.24, 2.45) is 11.8 Å². The third-order valence-electron chi connectivity index (χ3n) is 6.39. The Morgan fingerprint density at radius 3 is 1.79 bits per heavy atom. The molecule has 2 heterocycles. The predicted molar refractivity (Wildman–Crippen MR) is 133 cm³/mol. The highest BCUT2D eigenvalue weighted by atomic mass is 16.6. The molecule has 5 rings (SSSR count). The number of esters is 3. The van der Waals surface area contributed by atoms with Gasteiger partial charge in [0.05, 0.1) is 23.0 Å². The molecule has 2 aliphatic heterocycles. The molecule has 0 aliphatic carbocycles. The maximum absolute atomic E-state index is 13.2. The molecule has 194 valence electrons. The van der Waals surface area contributed by atoms with Gasteiger partial charge in [-0.1, -0.05) is 39.8 Å². The minimum absolute atomic E-state index is 0.0653. The van der Waals surface area contributed by atoms with Crippen molar-refractivity contribution in [3.05, 3.63) is 82.4 Å². The fourth-order valence-electron chi connectivity index (χ4n) is 4.50. The average Bonchev–Trinajstić information content (AvgIpc) is 3.16. The Morgan fingerprint density at radius 2 is 1.32 bits per heavy atom. The van der Waals surface area contributed by atoms with Crippen LogP contribution in [-0.2, 0) is 19.9 Å². The fraction of sp³-hybridized carbons (Fsp3) is 0.241. The molecule has 3 aromatic rings. The monoisotopic (exact) mass is 516 g/mol. The Kier molecular flexibility index (Phi) is 5.94. The molecule has 0 saturated carbocycles. The maximum atomic E-state index is 13.2. The van der Waals surface area contributed by atoms with Crippen LogP contribution in [0.15, 0.2) is 54.6 Å². The molecule has 3 aromatic carbocycles. The lowest BCUT2D eigenvalue weighted by atomic mass is 9.77. The minimum atomic E-state index is -1.55. The summed E-state index contributed by atoms with van der Waals surface area (Å²) in [6, 6.07) is 13.9. The zero-order valence-electron chi connectivity index (χ0n) is 21.1. The van der Waals surface area contributed by atoms with Gasteiger partial charge in [-0.15, -0.1) is 0 Å². The summed E-state index contributed by atoms with van der Waals surface area (Å²) in [6.07, 6.45) is 0. The van der Waals surface area contributed by atoms with Crippen LogP contribution in [0.1, 0.15) is 65.1 Å². The second-order valence-corrected chi connectivity index (χ2v) is 9.67. The van der Waals surface area contributed by atoms with E-state index < -0.39 is 29.5 Å². The van der Waals surface area contributed by atoms with Crippen molar-refractivity contribution in [2.75, 3.05) is 0 Å². The summed E-state index contributed by atoms with van der Waals surface area (Å²) >= 11 is 0. The highest BCUT2D eigenvalue weighted by Crippen LogP contribution is 2.57. The lowest BCUT2D eigenvalue weighted by molar-refractivity contribution is -0.138. The van der Waals surface area contributed by atoms with Gasteiger partial charge in [0.2, 0.25) is 0 Å². The zero-order chi connectivity index (χ0) is 27.4. The molecule has 9 heteroatoms. The Balaban J connectivity index is 1.73. The molecule has 0 bridgehead atoms. The molecule has 0 amide bonds. The van der Waals surface area contributed by atoms with Gasteiger partial charge in [-0.05, 0) is 30.3 Å². The summed E-state index contributed by atoms with van der Waals surface area (Å²) in [5, 5.41) is 9.74. The highest BCUT2D eigenvalue weighted by molar-refractivity contribution is 6.06. The van der Waals surface area contributed by atoms with E-state index in [0.29, 0.717) is 16.7 Å². The second kappa shape index (κ2) is 9.02. The van der Waals surface area contributed by atoms with Crippen molar-refractivity contribution in [1.82, 2.24) is 0 Å². The van der Waals surface area contributed by atoms with Gasteiger partial charge in [-0.25, -0.2) is 9.59 Å². The van der Waals surface area contributed by atoms with E-state index in [4.69, 9.17) is 18.9 Å². The summed E-state index contributed by atoms with van der Waals surface area (Å²) in [5.41, 5.74) is -0.658. The number of benzene rings is 3. The van der Waals surface area contributed by atoms with Crippen molar-refractivity contribution in [1.29, 1.82) is 0 Å². The third-order valence-corrected chi connectivity index (χ3v) is 6.39. The Hall–Kier alpha value is -4.66. The highest BCUT2D eigenvalue weighted by Gasteiger charge is 2.54. The molecular formula is C29H24O9. The molecule has 0 aromatic heterocycles. The number of aromatic carboxylic acids is 1. The summed E-state index contributed by atoms with van der Waals surface area (Å²) in [4.78, 5) is 49.5. The van der Waals surface area contributed by atoms with E-state index in [0.717, 1.165) is 0 Å². The molecule has 9 nitrogen and oxygen atoms in total. The third kappa shape index (κ3) is 3.87. The number of carboxylic acids is 1. The van der Waals surface area contributed by atoms with E-state index in [-0.39, 0.29) is 46.0 Å². The number of hydrogen-bond donors (Lipinski definition) is 1. The average molecular weight is 517 g/mol. The van der Waals surface area contributed by atoms with Gasteiger partial charge >= 0.3 is 23.9 Å². The molecule has 0 radical (unpaired) electrons. The minimum Gasteiger partial charge on any atom is -0.478 e. The Labute approximate surface area is 217 Å². The van der Waals surface area contributed by atoms with Crippen LogP contribution in [0.4, 0.5) is 0 Å². The van der Waals surface area contributed by atoms with Crippen molar-refractivity contribution < 1.29 is 43.2 Å². The quantitative estimate of drug-likeness (QED) is 0.365. The van der Waals surface area contributed by atoms with E-state index >= 15 is 0 Å². The smallest absolute Gasteiger partial charge is 0.341 e. The second-order valence-electron chi connectivity index (χ2n) is 9.67. The van der Waals surface area contributed by atoms with Crippen molar-refractivity contribution in [3.8, 4) is 23.0 Å². The van der Waals surface area contributed by atoms with E-state index in [9.17, 15) is 24.3 Å². The number of fused-ring (bicyclic) bond motifs is 6. The first-order chi connectivity index (χ1) is 18.0. The van der Waals surface area contributed by atoms with Gasteiger partial charge < -0.3 is 24.1 Å². The van der Waals surface area contributed by atoms with Crippen LogP contribution in [0, 0.1) is 11.8 Å². The molecular weight excluding hydrogens is 492 g/mol. The topological polar surface area (TPSA) is 125 Å². The molecule has 0 fully saturated rings. The molecule has 38 heavy (non-hydrogen) atoms. The van der Waals surface area contributed by atoms with Crippen LogP contribution in [0.2, 0.25) is 0 Å². The summed E-state index contributed by atoms with van der Waals surface area (Å²) in [5.74, 6) is -2.81. The van der Waals surface area contributed by atoms with Gasteiger partial charge in [-0.2, -0.15) is 0 Å². The van der Waals surface area contributed by atoms with Crippen LogP contribution in [0.25, 0.3) is 0 Å². The summed E-state index contributed by atoms with van der Waals surface area (Å²) in [6.45, 7) is 6.82. The van der Waals surface area contributed by atoms with Crippen LogP contribution in [0.3, 0.4) is 0 Å². The summed E-state index contributed by atoms with van der Waals surface area (Å²) in [7, 11) is 0. The Morgan fingerprint density at radius 1 is 0.789 bits per heavy atom. The number of carbonyl (C=O) groups is 4. The first-order valence-corrected chi connectivity index (χ1v) is 12.0. The van der Waals surface area contributed by atoms with Crippen molar-refractivity contribution >= 4 is 23.9 Å². The van der Waals surface area contributed by atoms with E-state index in [1.54, 1.807) is 64.1 Å². The number of carboxylic acid groups (broad SMARTS) is 1. The summed E-state index contributed by atoms with van der Waals surface area (Å²) < 4.78 is 23.1. The van der Waals surface area contributed by atoms with Gasteiger partial charge in [0.15, 0.2) is 5.60 Å². The van der Waals surface area contributed by atoms with Gasteiger partial charge in [0.1, 0.15) is 23.0 Å². The van der Waals surface area contributed by atoms with Gasteiger partial charge in [-0.3, -0.25) is 9.59 Å². The number of rotatable bonds is 5. The molecule has 2 aliphatic rings. The molecule has 0 atom stereocenters. The number of hydrogen-bond acceptors (Lipinski definition) is 8. The van der Waals surface area contributed by atoms with Crippen LogP contribution in [0.5, 0.6) is 23.0 Å². The number of ether oxygens (including phenoxy) is 4. The fourth-order valence-corrected chi connectivity index (χ4v) is 4.50. The SMILES string of the molecule is CC(C)C(=O)Oc1ccc2c(c1)Oc1cc(OC(=O)C(C)C)ccc1C21OC(=O)c2c(C(=O)O)cccc21. The van der Waals surface area contributed by atoms with Crippen LogP contribution < -0.4 is 14.2 Å². The lowest BCUT2D eigenvalue weighted by Gasteiger charge is -2.36. The van der Waals surface area contributed by atoms with Crippen molar-refractivity contribution in [3.63, 3.8) is 0 Å². The van der Waals surface area contributed by atoms with Crippen LogP contribution in [-0.4, -0.2) is 29.0 Å². The Bertz CT molecular complexity index is 1440. The number of carbonyl (C=O) groups excluding carboxylic acids is 3. The van der Waals surface area contributed by atoms with Gasteiger partial charge in [0, 0.05) is 28.8 Å². The molecule has 0 unspecified atom stereocenters. The zero-order valence-corrected chi connectivity index (χ0v) is 21.1. The first kappa shape index (κ1) is 25.0. The first-order valence-electron chi connectivity index (χ1n) is 12.0.